The average Bonchev–Trinajstić information content (AvgIpc) is 3.20. The van der Waals surface area contributed by atoms with Gasteiger partial charge in [0.2, 0.25) is 5.91 Å². The Bertz CT molecular complexity index is 822. The molecule has 0 aromatic carbocycles. The Hall–Kier alpha value is -2.45. The summed E-state index contributed by atoms with van der Waals surface area (Å²) < 4.78 is 5.10. The number of carbonyl (C=O) groups is 2. The van der Waals surface area contributed by atoms with Gasteiger partial charge >= 0.3 is 0 Å². The first kappa shape index (κ1) is 16.4. The lowest BCUT2D eigenvalue weighted by Crippen LogP contribution is -2.33. The normalized spacial score (nSPS) is 13.0. The van der Waals surface area contributed by atoms with E-state index in [0.717, 1.165) is 29.7 Å². The predicted molar refractivity (Wildman–Crippen MR) is 97.0 cm³/mol. The molecular weight excluding hydrogens is 346 g/mol. The minimum absolute atomic E-state index is 0.117. The number of hydrogen-bond acceptors (Lipinski definition) is 5. The molecule has 0 atom stereocenters. The number of carbonyl (C=O) groups excluding carboxylic acids is 2. The number of primary amides is 1. The van der Waals surface area contributed by atoms with E-state index in [1.807, 2.05) is 0 Å². The summed E-state index contributed by atoms with van der Waals surface area (Å²) in [6, 6.07) is 3.46. The van der Waals surface area contributed by atoms with Gasteiger partial charge in [-0.05, 0) is 55.3 Å². The van der Waals surface area contributed by atoms with Crippen molar-refractivity contribution in [1.82, 2.24) is 5.32 Å². The summed E-state index contributed by atoms with van der Waals surface area (Å²) in [5.41, 5.74) is 6.97. The maximum Gasteiger partial charge on any atom is 0.251 e. The van der Waals surface area contributed by atoms with Gasteiger partial charge in [0.1, 0.15) is 10.8 Å². The van der Waals surface area contributed by atoms with Crippen molar-refractivity contribution in [3.05, 3.63) is 46.2 Å². The molecule has 0 radical (unpaired) electrons. The van der Waals surface area contributed by atoms with E-state index in [1.165, 1.54) is 29.8 Å². The molecule has 2 aromatic rings. The highest BCUT2D eigenvalue weighted by molar-refractivity contribution is 7.80. The van der Waals surface area contributed by atoms with Crippen molar-refractivity contribution in [2.24, 2.45) is 5.73 Å². The molecule has 124 valence electrons. The molecule has 0 fully saturated rings. The van der Waals surface area contributed by atoms with Crippen molar-refractivity contribution < 1.29 is 14.0 Å². The van der Waals surface area contributed by atoms with Crippen LogP contribution in [0.4, 0.5) is 5.00 Å². The monoisotopic (exact) mass is 361 g/mol. The third-order valence-electron chi connectivity index (χ3n) is 3.57. The van der Waals surface area contributed by atoms with Crippen molar-refractivity contribution in [2.75, 3.05) is 5.32 Å². The van der Waals surface area contributed by atoms with Crippen LogP contribution < -0.4 is 16.4 Å². The fraction of sp³-hybridized carbons (Fsp3) is 0.188. The molecule has 1 aliphatic carbocycles. The molecule has 0 spiro atoms. The van der Waals surface area contributed by atoms with Crippen LogP contribution in [-0.4, -0.2) is 16.9 Å². The Morgan fingerprint density at radius 3 is 2.92 bits per heavy atom. The summed E-state index contributed by atoms with van der Waals surface area (Å²) >= 11 is 6.59. The van der Waals surface area contributed by atoms with Crippen molar-refractivity contribution in [3.8, 4) is 0 Å². The molecule has 6 nitrogen and oxygen atoms in total. The first-order valence-corrected chi connectivity index (χ1v) is 8.55. The standard InChI is InChI=1S/C16H15N3O3S2/c17-14(21)13-10-4-1-5-11(10)24-15(13)19-16(23)18-12(20)7-6-9-3-2-8-22-9/h2-3,6-8H,1,4-5H2,(H2,17,21)(H2,18,19,20,23). The lowest BCUT2D eigenvalue weighted by Gasteiger charge is -2.08. The van der Waals surface area contributed by atoms with Crippen LogP contribution in [-0.2, 0) is 17.6 Å². The fourth-order valence-electron chi connectivity index (χ4n) is 2.58. The SMILES string of the molecule is NC(=O)c1c(NC(=S)NC(=O)C=Cc2ccco2)sc2c1CCC2. The van der Waals surface area contributed by atoms with E-state index in [1.54, 1.807) is 12.1 Å². The number of furan rings is 1. The summed E-state index contributed by atoms with van der Waals surface area (Å²) in [5, 5.41) is 6.14. The van der Waals surface area contributed by atoms with Crippen LogP contribution in [0.1, 0.15) is 33.0 Å². The van der Waals surface area contributed by atoms with Crippen LogP contribution in [0.3, 0.4) is 0 Å². The first-order chi connectivity index (χ1) is 11.5. The van der Waals surface area contributed by atoms with Crippen LogP contribution in [0.25, 0.3) is 6.08 Å². The molecule has 0 saturated carbocycles. The molecule has 2 aromatic heterocycles. The largest absolute Gasteiger partial charge is 0.465 e. The van der Waals surface area contributed by atoms with E-state index in [9.17, 15) is 9.59 Å². The van der Waals surface area contributed by atoms with Gasteiger partial charge in [-0.15, -0.1) is 11.3 Å². The molecule has 4 N–H and O–H groups in total. The summed E-state index contributed by atoms with van der Waals surface area (Å²) in [6.07, 6.45) is 7.18. The third kappa shape index (κ3) is 3.55. The number of fused-ring (bicyclic) bond motifs is 1. The second-order valence-electron chi connectivity index (χ2n) is 5.22. The molecule has 2 amide bonds. The molecule has 2 heterocycles. The van der Waals surface area contributed by atoms with Crippen LogP contribution in [0.2, 0.25) is 0 Å². The molecule has 3 rings (SSSR count). The highest BCUT2D eigenvalue weighted by Crippen LogP contribution is 2.38. The fourth-order valence-corrected chi connectivity index (χ4v) is 4.15. The average molecular weight is 361 g/mol. The maximum absolute atomic E-state index is 11.8. The minimum atomic E-state index is -0.483. The van der Waals surface area contributed by atoms with Gasteiger partial charge < -0.3 is 15.5 Å². The van der Waals surface area contributed by atoms with Crippen molar-refractivity contribution in [3.63, 3.8) is 0 Å². The van der Waals surface area contributed by atoms with Gasteiger partial charge in [0, 0.05) is 11.0 Å². The highest BCUT2D eigenvalue weighted by Gasteiger charge is 2.25. The zero-order chi connectivity index (χ0) is 17.1. The number of nitrogens with two attached hydrogens (primary N) is 1. The van der Waals surface area contributed by atoms with Gasteiger partial charge in [-0.1, -0.05) is 0 Å². The lowest BCUT2D eigenvalue weighted by molar-refractivity contribution is -0.115. The number of nitrogens with one attached hydrogen (secondary N) is 2. The molecule has 0 saturated heterocycles. The first-order valence-electron chi connectivity index (χ1n) is 7.32. The van der Waals surface area contributed by atoms with E-state index in [-0.39, 0.29) is 5.11 Å². The molecule has 24 heavy (non-hydrogen) atoms. The quantitative estimate of drug-likeness (QED) is 0.574. The number of amides is 2. The van der Waals surface area contributed by atoms with E-state index in [0.29, 0.717) is 16.3 Å². The molecule has 0 aliphatic heterocycles. The molecule has 0 bridgehead atoms. The van der Waals surface area contributed by atoms with Crippen molar-refractivity contribution >= 4 is 51.6 Å². The summed E-state index contributed by atoms with van der Waals surface area (Å²) in [6.45, 7) is 0. The predicted octanol–water partition coefficient (Wildman–Crippen LogP) is 2.46. The van der Waals surface area contributed by atoms with Crippen LogP contribution >= 0.6 is 23.6 Å². The molecule has 1 aliphatic rings. The molecular formula is C16H15N3O3S2. The zero-order valence-electron chi connectivity index (χ0n) is 12.6. The smallest absolute Gasteiger partial charge is 0.251 e. The van der Waals surface area contributed by atoms with Gasteiger partial charge in [-0.3, -0.25) is 14.9 Å². The van der Waals surface area contributed by atoms with Gasteiger partial charge in [0.15, 0.2) is 5.11 Å². The summed E-state index contributed by atoms with van der Waals surface area (Å²) in [4.78, 5) is 24.7. The number of thiophene rings is 1. The molecule has 8 heteroatoms. The van der Waals surface area contributed by atoms with Crippen LogP contribution in [0.15, 0.2) is 28.9 Å². The second-order valence-corrected chi connectivity index (χ2v) is 6.73. The Morgan fingerprint density at radius 1 is 1.38 bits per heavy atom. The number of rotatable bonds is 4. The van der Waals surface area contributed by atoms with E-state index >= 15 is 0 Å². The Kier molecular flexibility index (Phi) is 4.77. The van der Waals surface area contributed by atoms with Crippen molar-refractivity contribution in [2.45, 2.75) is 19.3 Å². The van der Waals surface area contributed by atoms with E-state index in [2.05, 4.69) is 10.6 Å². The number of hydrogen-bond donors (Lipinski definition) is 3. The summed E-state index contributed by atoms with van der Waals surface area (Å²) in [7, 11) is 0. The minimum Gasteiger partial charge on any atom is -0.465 e. The maximum atomic E-state index is 11.8. The number of aryl methyl sites for hydroxylation is 1. The Balaban J connectivity index is 1.65. The number of anilines is 1. The number of thiocarbonyl (C=S) groups is 1. The third-order valence-corrected chi connectivity index (χ3v) is 4.99. The van der Waals surface area contributed by atoms with Crippen molar-refractivity contribution in [1.29, 1.82) is 0 Å². The lowest BCUT2D eigenvalue weighted by atomic mass is 10.1. The van der Waals surface area contributed by atoms with Gasteiger partial charge in [-0.25, -0.2) is 0 Å². The summed E-state index contributed by atoms with van der Waals surface area (Å²) in [5.74, 6) is -0.313. The van der Waals surface area contributed by atoms with Gasteiger partial charge in [-0.2, -0.15) is 0 Å². The Morgan fingerprint density at radius 2 is 2.21 bits per heavy atom. The second kappa shape index (κ2) is 6.98. The Labute approximate surface area is 147 Å². The van der Waals surface area contributed by atoms with E-state index < -0.39 is 11.8 Å². The topological polar surface area (TPSA) is 97.4 Å². The zero-order valence-corrected chi connectivity index (χ0v) is 14.3. The van der Waals surface area contributed by atoms with Crippen LogP contribution in [0, 0.1) is 0 Å². The van der Waals surface area contributed by atoms with Crippen LogP contribution in [0.5, 0.6) is 0 Å². The van der Waals surface area contributed by atoms with E-state index in [4.69, 9.17) is 22.4 Å². The van der Waals surface area contributed by atoms with Gasteiger partial charge in [0.05, 0.1) is 11.8 Å². The molecule has 0 unspecified atom stereocenters. The highest BCUT2D eigenvalue weighted by atomic mass is 32.1. The van der Waals surface area contributed by atoms with Gasteiger partial charge in [0.25, 0.3) is 5.91 Å².